The highest BCUT2D eigenvalue weighted by atomic mass is 16.5. The molecule has 0 aromatic heterocycles. The number of likely N-dealkylation sites (tertiary alicyclic amines) is 1. The van der Waals surface area contributed by atoms with E-state index in [0.29, 0.717) is 18.7 Å². The number of carbonyl (C=O) groups excluding carboxylic acids is 1. The second kappa shape index (κ2) is 6.54. The Kier molecular flexibility index (Phi) is 4.76. The number of nitrogens with zero attached hydrogens (tertiary/aromatic N) is 1. The van der Waals surface area contributed by atoms with Crippen LogP contribution in [-0.4, -0.2) is 36.6 Å². The summed E-state index contributed by atoms with van der Waals surface area (Å²) in [6.45, 7) is 4.17. The van der Waals surface area contributed by atoms with Crippen LogP contribution in [0.15, 0.2) is 24.3 Å². The molecular weight excluding hydrogens is 242 g/mol. The van der Waals surface area contributed by atoms with E-state index in [0.717, 1.165) is 25.1 Å². The number of amides is 1. The van der Waals surface area contributed by atoms with Gasteiger partial charge in [-0.2, -0.15) is 0 Å². The van der Waals surface area contributed by atoms with Gasteiger partial charge in [0.05, 0.1) is 6.10 Å². The van der Waals surface area contributed by atoms with Gasteiger partial charge in [-0.3, -0.25) is 10.6 Å². The molecule has 5 nitrogen and oxygen atoms in total. The fourth-order valence-corrected chi connectivity index (χ4v) is 2.39. The Morgan fingerprint density at radius 2 is 2.21 bits per heavy atom. The van der Waals surface area contributed by atoms with Crippen LogP contribution in [0.3, 0.4) is 0 Å². The number of rotatable bonds is 4. The van der Waals surface area contributed by atoms with Gasteiger partial charge in [-0.1, -0.05) is 0 Å². The summed E-state index contributed by atoms with van der Waals surface area (Å²) in [7, 11) is 0. The SMILES string of the molecule is CCOC1CCCN(C(=O)c2ccc(NN)cc2)C1. The number of nitrogens with two attached hydrogens (primary N) is 1. The molecule has 1 saturated heterocycles. The van der Waals surface area contributed by atoms with Crippen molar-refractivity contribution in [2.45, 2.75) is 25.9 Å². The molecule has 0 bridgehead atoms. The summed E-state index contributed by atoms with van der Waals surface area (Å²) in [5.41, 5.74) is 4.04. The molecule has 0 spiro atoms. The molecule has 1 unspecified atom stereocenters. The molecule has 1 aliphatic rings. The molecule has 0 aliphatic carbocycles. The standard InChI is InChI=1S/C14H21N3O2/c1-2-19-13-4-3-9-17(10-13)14(18)11-5-7-12(16-15)8-6-11/h5-8,13,16H,2-4,9-10,15H2,1H3. The van der Waals surface area contributed by atoms with E-state index in [4.69, 9.17) is 10.6 Å². The lowest BCUT2D eigenvalue weighted by atomic mass is 10.1. The molecule has 104 valence electrons. The predicted molar refractivity (Wildman–Crippen MR) is 74.8 cm³/mol. The number of carbonyl (C=O) groups is 1. The fraction of sp³-hybridized carbons (Fsp3) is 0.500. The summed E-state index contributed by atoms with van der Waals surface area (Å²) in [4.78, 5) is 14.2. The van der Waals surface area contributed by atoms with E-state index >= 15 is 0 Å². The highest BCUT2D eigenvalue weighted by Gasteiger charge is 2.24. The van der Waals surface area contributed by atoms with E-state index < -0.39 is 0 Å². The Bertz CT molecular complexity index is 417. The first-order valence-corrected chi connectivity index (χ1v) is 6.72. The average Bonchev–Trinajstić information content (AvgIpc) is 2.47. The zero-order valence-corrected chi connectivity index (χ0v) is 11.3. The Morgan fingerprint density at radius 3 is 2.84 bits per heavy atom. The van der Waals surface area contributed by atoms with Gasteiger partial charge in [0.2, 0.25) is 0 Å². The van der Waals surface area contributed by atoms with Crippen LogP contribution in [0.2, 0.25) is 0 Å². The lowest BCUT2D eigenvalue weighted by molar-refractivity contribution is 0.00724. The van der Waals surface area contributed by atoms with Crippen molar-refractivity contribution >= 4 is 11.6 Å². The van der Waals surface area contributed by atoms with Crippen LogP contribution in [0, 0.1) is 0 Å². The number of ether oxygens (including phenoxy) is 1. The van der Waals surface area contributed by atoms with Crippen molar-refractivity contribution in [1.29, 1.82) is 0 Å². The lowest BCUT2D eigenvalue weighted by Gasteiger charge is -2.32. The number of hydrogen-bond acceptors (Lipinski definition) is 4. The summed E-state index contributed by atoms with van der Waals surface area (Å²) in [5, 5.41) is 0. The van der Waals surface area contributed by atoms with E-state index in [1.807, 2.05) is 11.8 Å². The largest absolute Gasteiger partial charge is 0.377 e. The van der Waals surface area contributed by atoms with Gasteiger partial charge in [-0.15, -0.1) is 0 Å². The van der Waals surface area contributed by atoms with Crippen molar-refractivity contribution in [2.24, 2.45) is 5.84 Å². The molecule has 1 heterocycles. The van der Waals surface area contributed by atoms with Crippen LogP contribution in [0.4, 0.5) is 5.69 Å². The van der Waals surface area contributed by atoms with Crippen molar-refractivity contribution in [3.05, 3.63) is 29.8 Å². The van der Waals surface area contributed by atoms with Gasteiger partial charge in [0.25, 0.3) is 5.91 Å². The minimum Gasteiger partial charge on any atom is -0.377 e. The van der Waals surface area contributed by atoms with Gasteiger partial charge in [0, 0.05) is 30.9 Å². The van der Waals surface area contributed by atoms with Gasteiger partial charge < -0.3 is 15.1 Å². The third-order valence-electron chi connectivity index (χ3n) is 3.37. The van der Waals surface area contributed by atoms with Gasteiger partial charge in [-0.05, 0) is 44.0 Å². The first kappa shape index (κ1) is 13.8. The van der Waals surface area contributed by atoms with Crippen LogP contribution >= 0.6 is 0 Å². The van der Waals surface area contributed by atoms with E-state index in [1.165, 1.54) is 0 Å². The molecule has 1 fully saturated rings. The number of hydrazine groups is 1. The van der Waals surface area contributed by atoms with E-state index in [-0.39, 0.29) is 12.0 Å². The Hall–Kier alpha value is -1.59. The van der Waals surface area contributed by atoms with Gasteiger partial charge in [0.15, 0.2) is 0 Å². The van der Waals surface area contributed by atoms with Crippen molar-refractivity contribution in [3.63, 3.8) is 0 Å². The number of piperidine rings is 1. The summed E-state index contributed by atoms with van der Waals surface area (Å²) < 4.78 is 5.62. The van der Waals surface area contributed by atoms with E-state index in [1.54, 1.807) is 24.3 Å². The topological polar surface area (TPSA) is 67.6 Å². The second-order valence-electron chi connectivity index (χ2n) is 4.69. The summed E-state index contributed by atoms with van der Waals surface area (Å²) >= 11 is 0. The van der Waals surface area contributed by atoms with Crippen molar-refractivity contribution in [3.8, 4) is 0 Å². The molecule has 3 N–H and O–H groups in total. The van der Waals surface area contributed by atoms with Gasteiger partial charge >= 0.3 is 0 Å². The minimum atomic E-state index is 0.0629. The second-order valence-corrected chi connectivity index (χ2v) is 4.69. The first-order valence-electron chi connectivity index (χ1n) is 6.72. The Labute approximate surface area is 113 Å². The monoisotopic (exact) mass is 263 g/mol. The summed E-state index contributed by atoms with van der Waals surface area (Å²) in [6.07, 6.45) is 2.21. The maximum absolute atomic E-state index is 12.4. The molecule has 1 aromatic carbocycles. The number of nitrogen functional groups attached to an aromatic ring is 1. The van der Waals surface area contributed by atoms with E-state index in [9.17, 15) is 4.79 Å². The molecule has 1 amide bonds. The molecule has 19 heavy (non-hydrogen) atoms. The zero-order chi connectivity index (χ0) is 13.7. The van der Waals surface area contributed by atoms with Crippen molar-refractivity contribution < 1.29 is 9.53 Å². The average molecular weight is 263 g/mol. The molecule has 0 radical (unpaired) electrons. The maximum atomic E-state index is 12.4. The van der Waals surface area contributed by atoms with Crippen LogP contribution in [0.25, 0.3) is 0 Å². The smallest absolute Gasteiger partial charge is 0.253 e. The van der Waals surface area contributed by atoms with Crippen LogP contribution in [-0.2, 0) is 4.74 Å². The lowest BCUT2D eigenvalue weighted by Crippen LogP contribution is -2.43. The van der Waals surface area contributed by atoms with Crippen LogP contribution < -0.4 is 11.3 Å². The third-order valence-corrected chi connectivity index (χ3v) is 3.37. The number of hydrogen-bond donors (Lipinski definition) is 2. The maximum Gasteiger partial charge on any atom is 0.253 e. The number of nitrogens with one attached hydrogen (secondary N) is 1. The Balaban J connectivity index is 2.01. The molecule has 1 aliphatic heterocycles. The highest BCUT2D eigenvalue weighted by Crippen LogP contribution is 2.17. The normalized spacial score (nSPS) is 19.3. The van der Waals surface area contributed by atoms with E-state index in [2.05, 4.69) is 5.43 Å². The van der Waals surface area contributed by atoms with Crippen LogP contribution in [0.1, 0.15) is 30.1 Å². The summed E-state index contributed by atoms with van der Waals surface area (Å²) in [5.74, 6) is 5.37. The molecule has 0 saturated carbocycles. The predicted octanol–water partition coefficient (Wildman–Crippen LogP) is 1.61. The molecule has 5 heteroatoms. The molecule has 1 atom stereocenters. The number of benzene rings is 1. The van der Waals surface area contributed by atoms with Crippen molar-refractivity contribution in [1.82, 2.24) is 4.90 Å². The highest BCUT2D eigenvalue weighted by molar-refractivity contribution is 5.94. The van der Waals surface area contributed by atoms with Crippen molar-refractivity contribution in [2.75, 3.05) is 25.1 Å². The van der Waals surface area contributed by atoms with Gasteiger partial charge in [-0.25, -0.2) is 0 Å². The minimum absolute atomic E-state index is 0.0629. The fourth-order valence-electron chi connectivity index (χ4n) is 2.39. The molecular formula is C14H21N3O2. The first-order chi connectivity index (χ1) is 9.24. The quantitative estimate of drug-likeness (QED) is 0.640. The zero-order valence-electron chi connectivity index (χ0n) is 11.3. The van der Waals surface area contributed by atoms with Crippen LogP contribution in [0.5, 0.6) is 0 Å². The molecule has 1 aromatic rings. The third kappa shape index (κ3) is 3.45. The Morgan fingerprint density at radius 1 is 1.47 bits per heavy atom. The number of anilines is 1. The molecule has 2 rings (SSSR count). The summed E-state index contributed by atoms with van der Waals surface area (Å²) in [6, 6.07) is 7.19. The van der Waals surface area contributed by atoms with Gasteiger partial charge in [0.1, 0.15) is 0 Å².